The molecule has 0 aromatic heterocycles. The van der Waals surface area contributed by atoms with E-state index in [0.717, 1.165) is 0 Å². The summed E-state index contributed by atoms with van der Waals surface area (Å²) in [6.45, 7) is -0.220. The van der Waals surface area contributed by atoms with Crippen molar-refractivity contribution in [1.29, 1.82) is 0 Å². The lowest BCUT2D eigenvalue weighted by Gasteiger charge is -2.28. The standard InChI is InChI=1S/C9H10BrF4NO3/c10-3-5(16)8(1-2-18-4-8)15-7(17)9(13,14)6(11)12/h6H,1-4H2,(H,15,17). The third kappa shape index (κ3) is 2.82. The minimum Gasteiger partial charge on any atom is -0.378 e. The van der Waals surface area contributed by atoms with Crippen LogP contribution in [0.3, 0.4) is 0 Å². The second kappa shape index (κ2) is 5.52. The van der Waals surface area contributed by atoms with Gasteiger partial charge >= 0.3 is 12.3 Å². The lowest BCUT2D eigenvalue weighted by atomic mass is 9.93. The molecule has 0 saturated carbocycles. The van der Waals surface area contributed by atoms with E-state index < -0.39 is 29.6 Å². The Morgan fingerprint density at radius 3 is 2.44 bits per heavy atom. The van der Waals surface area contributed by atoms with Gasteiger partial charge in [0.05, 0.1) is 11.9 Å². The molecule has 1 unspecified atom stereocenters. The van der Waals surface area contributed by atoms with Crippen molar-refractivity contribution in [3.05, 3.63) is 0 Å². The summed E-state index contributed by atoms with van der Waals surface area (Å²) in [6.07, 6.45) is -4.15. The zero-order valence-electron chi connectivity index (χ0n) is 9.02. The number of halogens is 5. The largest absolute Gasteiger partial charge is 0.383 e. The summed E-state index contributed by atoms with van der Waals surface area (Å²) in [5.41, 5.74) is -1.65. The van der Waals surface area contributed by atoms with Crippen LogP contribution < -0.4 is 5.32 Å². The van der Waals surface area contributed by atoms with Crippen LogP contribution in [0.15, 0.2) is 0 Å². The predicted octanol–water partition coefficient (Wildman–Crippen LogP) is 1.13. The smallest absolute Gasteiger partial charge is 0.378 e. The van der Waals surface area contributed by atoms with E-state index in [1.807, 2.05) is 0 Å². The Labute approximate surface area is 108 Å². The lowest BCUT2D eigenvalue weighted by Crippen LogP contribution is -2.60. The Morgan fingerprint density at radius 1 is 1.44 bits per heavy atom. The van der Waals surface area contributed by atoms with Crippen molar-refractivity contribution in [2.75, 3.05) is 18.5 Å². The maximum Gasteiger partial charge on any atom is 0.383 e. The molecular weight excluding hydrogens is 326 g/mol. The van der Waals surface area contributed by atoms with Gasteiger partial charge < -0.3 is 10.1 Å². The number of hydrogen-bond acceptors (Lipinski definition) is 3. The van der Waals surface area contributed by atoms with Crippen molar-refractivity contribution in [1.82, 2.24) is 5.32 Å². The van der Waals surface area contributed by atoms with E-state index in [0.29, 0.717) is 0 Å². The SMILES string of the molecule is O=C(CBr)C1(NC(=O)C(F)(F)C(F)F)CCOC1. The van der Waals surface area contributed by atoms with E-state index in [1.165, 1.54) is 0 Å². The highest BCUT2D eigenvalue weighted by molar-refractivity contribution is 9.09. The number of nitrogens with one attached hydrogen (secondary N) is 1. The molecule has 0 aromatic rings. The van der Waals surface area contributed by atoms with E-state index in [9.17, 15) is 27.2 Å². The van der Waals surface area contributed by atoms with Gasteiger partial charge in [-0.1, -0.05) is 15.9 Å². The highest BCUT2D eigenvalue weighted by atomic mass is 79.9. The van der Waals surface area contributed by atoms with Gasteiger partial charge in [-0.05, 0) is 0 Å². The Bertz CT molecular complexity index is 345. The monoisotopic (exact) mass is 335 g/mol. The average Bonchev–Trinajstić information content (AvgIpc) is 2.77. The van der Waals surface area contributed by atoms with Crippen LogP contribution in [0.2, 0.25) is 0 Å². The van der Waals surface area contributed by atoms with Crippen molar-refractivity contribution in [2.24, 2.45) is 0 Å². The molecule has 1 N–H and O–H groups in total. The summed E-state index contributed by atoms with van der Waals surface area (Å²) >= 11 is 2.84. The minimum absolute atomic E-state index is 0.0253. The van der Waals surface area contributed by atoms with Crippen LogP contribution >= 0.6 is 15.9 Å². The molecule has 1 aliphatic heterocycles. The van der Waals surface area contributed by atoms with Gasteiger partial charge in [-0.3, -0.25) is 9.59 Å². The molecule has 0 spiro atoms. The molecule has 4 nitrogen and oxygen atoms in total. The molecule has 0 radical (unpaired) electrons. The number of Topliss-reactive ketones (excluding diaryl/α,β-unsaturated/α-hetero) is 1. The van der Waals surface area contributed by atoms with Gasteiger partial charge in [0.25, 0.3) is 5.91 Å². The molecule has 104 valence electrons. The van der Waals surface area contributed by atoms with E-state index in [2.05, 4.69) is 15.9 Å². The summed E-state index contributed by atoms with van der Waals surface area (Å²) in [6, 6.07) is 0. The highest BCUT2D eigenvalue weighted by Crippen LogP contribution is 2.27. The Kier molecular flexibility index (Phi) is 4.71. The van der Waals surface area contributed by atoms with Crippen LogP contribution in [0.25, 0.3) is 0 Å². The Morgan fingerprint density at radius 2 is 2.06 bits per heavy atom. The molecule has 18 heavy (non-hydrogen) atoms. The first-order valence-electron chi connectivity index (χ1n) is 4.92. The normalized spacial score (nSPS) is 24.3. The number of hydrogen-bond donors (Lipinski definition) is 1. The number of amides is 1. The van der Waals surface area contributed by atoms with Crippen LogP contribution in [0.4, 0.5) is 17.6 Å². The maximum atomic E-state index is 12.8. The van der Waals surface area contributed by atoms with Crippen molar-refractivity contribution in [2.45, 2.75) is 24.3 Å². The summed E-state index contributed by atoms with van der Waals surface area (Å²) in [7, 11) is 0. The molecule has 0 aliphatic carbocycles. The van der Waals surface area contributed by atoms with Crippen LogP contribution in [-0.2, 0) is 14.3 Å². The van der Waals surface area contributed by atoms with E-state index in [4.69, 9.17) is 4.74 Å². The first-order valence-corrected chi connectivity index (χ1v) is 6.04. The zero-order valence-corrected chi connectivity index (χ0v) is 10.6. The summed E-state index contributed by atoms with van der Waals surface area (Å²) in [5.74, 6) is -7.60. The molecule has 0 bridgehead atoms. The van der Waals surface area contributed by atoms with E-state index in [1.54, 1.807) is 5.32 Å². The van der Waals surface area contributed by atoms with Crippen molar-refractivity contribution in [3.8, 4) is 0 Å². The number of carbonyl (C=O) groups is 2. The van der Waals surface area contributed by atoms with Crippen molar-refractivity contribution >= 4 is 27.6 Å². The topological polar surface area (TPSA) is 55.4 Å². The number of ether oxygens (including phenoxy) is 1. The van der Waals surface area contributed by atoms with Crippen molar-refractivity contribution < 1.29 is 31.9 Å². The number of carbonyl (C=O) groups excluding carboxylic acids is 2. The fourth-order valence-electron chi connectivity index (χ4n) is 1.48. The number of rotatable bonds is 5. The highest BCUT2D eigenvalue weighted by Gasteiger charge is 2.53. The lowest BCUT2D eigenvalue weighted by molar-refractivity contribution is -0.172. The quantitative estimate of drug-likeness (QED) is 0.605. The second-order valence-corrected chi connectivity index (χ2v) is 4.38. The van der Waals surface area contributed by atoms with Gasteiger partial charge in [0.15, 0.2) is 5.78 Å². The third-order valence-corrected chi connectivity index (χ3v) is 3.12. The summed E-state index contributed by atoms with van der Waals surface area (Å²) < 4.78 is 54.5. The second-order valence-electron chi connectivity index (χ2n) is 3.82. The van der Waals surface area contributed by atoms with E-state index >= 15 is 0 Å². The Hall–Kier alpha value is -0.700. The number of ketones is 1. The molecule has 1 amide bonds. The van der Waals surface area contributed by atoms with Gasteiger partial charge in [-0.15, -0.1) is 0 Å². The molecule has 9 heteroatoms. The molecule has 1 rings (SSSR count). The maximum absolute atomic E-state index is 12.8. The van der Waals surface area contributed by atoms with Crippen LogP contribution in [0, 0.1) is 0 Å². The first kappa shape index (κ1) is 15.4. The van der Waals surface area contributed by atoms with E-state index in [-0.39, 0.29) is 25.0 Å². The first-order chi connectivity index (χ1) is 8.26. The molecule has 1 atom stereocenters. The predicted molar refractivity (Wildman–Crippen MR) is 56.1 cm³/mol. The zero-order chi connectivity index (χ0) is 14.0. The molecule has 1 saturated heterocycles. The van der Waals surface area contributed by atoms with Gasteiger partial charge in [0, 0.05) is 13.0 Å². The molecule has 0 aromatic carbocycles. The van der Waals surface area contributed by atoms with Crippen LogP contribution in [-0.4, -0.2) is 48.1 Å². The van der Waals surface area contributed by atoms with Gasteiger partial charge in [-0.2, -0.15) is 8.78 Å². The number of alkyl halides is 5. The van der Waals surface area contributed by atoms with Crippen LogP contribution in [0.5, 0.6) is 0 Å². The average molecular weight is 336 g/mol. The fourth-order valence-corrected chi connectivity index (χ4v) is 2.02. The Balaban J connectivity index is 2.86. The van der Waals surface area contributed by atoms with Crippen LogP contribution in [0.1, 0.15) is 6.42 Å². The minimum atomic E-state index is -4.83. The molecule has 1 heterocycles. The van der Waals surface area contributed by atoms with Gasteiger partial charge in [-0.25, -0.2) is 8.78 Å². The van der Waals surface area contributed by atoms with Gasteiger partial charge in [0.2, 0.25) is 0 Å². The molecule has 1 aliphatic rings. The fraction of sp³-hybridized carbons (Fsp3) is 0.778. The van der Waals surface area contributed by atoms with Crippen molar-refractivity contribution in [3.63, 3.8) is 0 Å². The molecule has 1 fully saturated rings. The third-order valence-electron chi connectivity index (χ3n) is 2.61. The molecular formula is C9H10BrF4NO3. The summed E-state index contributed by atoms with van der Waals surface area (Å²) in [5, 5.41) is 1.49. The van der Waals surface area contributed by atoms with Gasteiger partial charge in [0.1, 0.15) is 5.54 Å². The summed E-state index contributed by atoms with van der Waals surface area (Å²) in [4.78, 5) is 22.7.